The van der Waals surface area contributed by atoms with E-state index in [4.69, 9.17) is 19.9 Å². The van der Waals surface area contributed by atoms with Crippen LogP contribution in [0.5, 0.6) is 17.4 Å². The maximum atomic E-state index is 14.3. The average molecular weight is 427 g/mol. The van der Waals surface area contributed by atoms with Gasteiger partial charge in [0, 0.05) is 42.9 Å². The number of aromatic nitrogens is 3. The predicted octanol–water partition coefficient (Wildman–Crippen LogP) is 4.38. The van der Waals surface area contributed by atoms with Crippen molar-refractivity contribution in [3.63, 3.8) is 0 Å². The lowest BCUT2D eigenvalue weighted by atomic mass is 10.2. The van der Waals surface area contributed by atoms with Crippen molar-refractivity contribution in [1.82, 2.24) is 15.0 Å². The number of nitrogens with zero attached hydrogens (tertiary/aromatic N) is 2. The predicted molar refractivity (Wildman–Crippen MR) is 112 cm³/mol. The van der Waals surface area contributed by atoms with Gasteiger partial charge in [0.1, 0.15) is 18.0 Å². The molecule has 2 aromatic carbocycles. The van der Waals surface area contributed by atoms with Crippen molar-refractivity contribution >= 4 is 28.4 Å². The normalized spacial score (nSPS) is 10.9. The highest BCUT2D eigenvalue weighted by molar-refractivity contribution is 5.82. The minimum absolute atomic E-state index is 0.0222. The molecule has 0 aliphatic carbocycles. The van der Waals surface area contributed by atoms with E-state index in [0.717, 1.165) is 12.1 Å². The summed E-state index contributed by atoms with van der Waals surface area (Å²) in [5.41, 5.74) is 6.92. The molecular formula is C21H19F2N5O3. The molecule has 0 radical (unpaired) electrons. The van der Waals surface area contributed by atoms with Gasteiger partial charge in [0.05, 0.1) is 12.0 Å². The number of aromatic amines is 1. The highest BCUT2D eigenvalue weighted by atomic mass is 19.1. The van der Waals surface area contributed by atoms with Crippen molar-refractivity contribution in [1.29, 1.82) is 0 Å². The van der Waals surface area contributed by atoms with Gasteiger partial charge >= 0.3 is 0 Å². The molecule has 0 spiro atoms. The fourth-order valence-electron chi connectivity index (χ4n) is 2.86. The lowest BCUT2D eigenvalue weighted by Crippen LogP contribution is -2.07. The second-order valence-corrected chi connectivity index (χ2v) is 6.50. The standard InChI is InChI=1S/C21H19F2N5O3/c1-29-7-8-30-18-16(22)10-13(11-17(18)23)26-21-27-19-15(5-6-25-19)20(28-21)31-14-4-2-3-12(24)9-14/h2-6,9-11H,7-8,24H2,1H3,(H2,25,26,27,28). The fourth-order valence-corrected chi connectivity index (χ4v) is 2.86. The second-order valence-electron chi connectivity index (χ2n) is 6.50. The topological polar surface area (TPSA) is 107 Å². The van der Waals surface area contributed by atoms with Gasteiger partial charge in [-0.05, 0) is 18.2 Å². The van der Waals surface area contributed by atoms with Crippen molar-refractivity contribution in [2.24, 2.45) is 0 Å². The van der Waals surface area contributed by atoms with Crippen LogP contribution in [0.3, 0.4) is 0 Å². The molecule has 31 heavy (non-hydrogen) atoms. The molecule has 160 valence electrons. The van der Waals surface area contributed by atoms with Crippen LogP contribution in [-0.4, -0.2) is 35.3 Å². The average Bonchev–Trinajstić information content (AvgIpc) is 3.19. The number of ether oxygens (including phenoxy) is 3. The molecule has 0 unspecified atom stereocenters. The van der Waals surface area contributed by atoms with Gasteiger partial charge in [0.2, 0.25) is 11.8 Å². The minimum Gasteiger partial charge on any atom is -0.485 e. The van der Waals surface area contributed by atoms with E-state index in [0.29, 0.717) is 22.5 Å². The van der Waals surface area contributed by atoms with Crippen molar-refractivity contribution in [3.05, 3.63) is 60.3 Å². The molecule has 0 amide bonds. The number of rotatable bonds is 8. The number of hydrogen-bond acceptors (Lipinski definition) is 7. The SMILES string of the molecule is COCCOc1c(F)cc(Nc2nc(Oc3cccc(N)c3)c3cc[nH]c3n2)cc1F. The monoisotopic (exact) mass is 427 g/mol. The van der Waals surface area contributed by atoms with Crippen LogP contribution in [0.25, 0.3) is 11.0 Å². The Morgan fingerprint density at radius 1 is 1.06 bits per heavy atom. The molecule has 4 rings (SSSR count). The lowest BCUT2D eigenvalue weighted by molar-refractivity contribution is 0.141. The summed E-state index contributed by atoms with van der Waals surface area (Å²) >= 11 is 0. The number of methoxy groups -OCH3 is 1. The molecule has 0 saturated heterocycles. The number of anilines is 3. The van der Waals surface area contributed by atoms with Crippen LogP contribution in [0.15, 0.2) is 48.7 Å². The van der Waals surface area contributed by atoms with Gasteiger partial charge in [-0.3, -0.25) is 0 Å². The van der Waals surface area contributed by atoms with Gasteiger partial charge in [-0.1, -0.05) is 6.07 Å². The number of nitrogen functional groups attached to an aromatic ring is 1. The largest absolute Gasteiger partial charge is 0.485 e. The quantitative estimate of drug-likeness (QED) is 0.283. The van der Waals surface area contributed by atoms with E-state index in [9.17, 15) is 8.78 Å². The molecule has 2 aromatic heterocycles. The van der Waals surface area contributed by atoms with Gasteiger partial charge in [0.15, 0.2) is 17.4 Å². The minimum atomic E-state index is -0.865. The number of fused-ring (bicyclic) bond motifs is 1. The zero-order chi connectivity index (χ0) is 21.8. The lowest BCUT2D eigenvalue weighted by Gasteiger charge is -2.12. The third kappa shape index (κ3) is 4.64. The van der Waals surface area contributed by atoms with Crippen LogP contribution in [0.4, 0.5) is 26.1 Å². The molecule has 0 aliphatic rings. The number of H-pyrrole nitrogens is 1. The highest BCUT2D eigenvalue weighted by Gasteiger charge is 2.15. The molecule has 0 saturated carbocycles. The van der Waals surface area contributed by atoms with Gasteiger partial charge in [-0.25, -0.2) is 8.78 Å². The first-order chi connectivity index (χ1) is 15.0. The number of nitrogens with two attached hydrogens (primary N) is 1. The molecule has 8 nitrogen and oxygen atoms in total. The summed E-state index contributed by atoms with van der Waals surface area (Å²) in [6.45, 7) is 0.229. The van der Waals surface area contributed by atoms with E-state index >= 15 is 0 Å². The van der Waals surface area contributed by atoms with E-state index < -0.39 is 17.4 Å². The van der Waals surface area contributed by atoms with Crippen LogP contribution in [0, 0.1) is 11.6 Å². The molecule has 4 N–H and O–H groups in total. The van der Waals surface area contributed by atoms with Crippen molar-refractivity contribution in [2.75, 3.05) is 31.4 Å². The summed E-state index contributed by atoms with van der Waals surface area (Å²) in [6.07, 6.45) is 1.68. The first-order valence-electron chi connectivity index (χ1n) is 9.30. The zero-order valence-electron chi connectivity index (χ0n) is 16.5. The van der Waals surface area contributed by atoms with Gasteiger partial charge in [-0.2, -0.15) is 9.97 Å². The molecule has 0 aliphatic heterocycles. The Hall–Kier alpha value is -3.92. The number of halogens is 2. The summed E-state index contributed by atoms with van der Waals surface area (Å²) in [6, 6.07) is 10.8. The molecule has 0 atom stereocenters. The summed E-state index contributed by atoms with van der Waals surface area (Å²) in [4.78, 5) is 11.6. The highest BCUT2D eigenvalue weighted by Crippen LogP contribution is 2.31. The Morgan fingerprint density at radius 3 is 2.61 bits per heavy atom. The molecule has 4 aromatic rings. The Balaban J connectivity index is 1.61. The Morgan fingerprint density at radius 2 is 1.87 bits per heavy atom. The van der Waals surface area contributed by atoms with E-state index in [1.54, 1.807) is 36.5 Å². The van der Waals surface area contributed by atoms with Crippen molar-refractivity contribution in [3.8, 4) is 17.4 Å². The first-order valence-corrected chi connectivity index (χ1v) is 9.30. The molecule has 0 fully saturated rings. The van der Waals surface area contributed by atoms with Gasteiger partial charge in [0.25, 0.3) is 0 Å². The Bertz CT molecular complexity index is 1190. The zero-order valence-corrected chi connectivity index (χ0v) is 16.5. The van der Waals surface area contributed by atoms with Crippen LogP contribution >= 0.6 is 0 Å². The van der Waals surface area contributed by atoms with E-state index in [-0.39, 0.29) is 30.7 Å². The Labute approximate surface area is 176 Å². The van der Waals surface area contributed by atoms with Gasteiger partial charge < -0.3 is 30.2 Å². The maximum Gasteiger partial charge on any atom is 0.233 e. The van der Waals surface area contributed by atoms with Crippen molar-refractivity contribution < 1.29 is 23.0 Å². The van der Waals surface area contributed by atoms with E-state index in [1.807, 2.05) is 0 Å². The summed E-state index contributed by atoms with van der Waals surface area (Å²) in [5, 5.41) is 3.42. The Kier molecular flexibility index (Phi) is 5.80. The van der Waals surface area contributed by atoms with Crippen LogP contribution < -0.4 is 20.5 Å². The van der Waals surface area contributed by atoms with Crippen LogP contribution in [-0.2, 0) is 4.74 Å². The third-order valence-electron chi connectivity index (χ3n) is 4.24. The second kappa shape index (κ2) is 8.84. The summed E-state index contributed by atoms with van der Waals surface area (Å²) in [5.74, 6) is -1.39. The summed E-state index contributed by atoms with van der Waals surface area (Å²) < 4.78 is 44.4. The molecule has 0 bridgehead atoms. The number of benzene rings is 2. The first kappa shape index (κ1) is 20.4. The number of nitrogens with one attached hydrogen (secondary N) is 2. The van der Waals surface area contributed by atoms with E-state index in [1.165, 1.54) is 7.11 Å². The fraction of sp³-hybridized carbons (Fsp3) is 0.143. The maximum absolute atomic E-state index is 14.3. The third-order valence-corrected chi connectivity index (χ3v) is 4.24. The summed E-state index contributed by atoms with van der Waals surface area (Å²) in [7, 11) is 1.47. The van der Waals surface area contributed by atoms with Gasteiger partial charge in [-0.15, -0.1) is 0 Å². The number of hydrogen-bond donors (Lipinski definition) is 3. The molecule has 2 heterocycles. The van der Waals surface area contributed by atoms with Crippen molar-refractivity contribution in [2.45, 2.75) is 0 Å². The molecular weight excluding hydrogens is 408 g/mol. The van der Waals surface area contributed by atoms with Crippen LogP contribution in [0.2, 0.25) is 0 Å². The smallest absolute Gasteiger partial charge is 0.233 e. The van der Waals surface area contributed by atoms with Crippen LogP contribution in [0.1, 0.15) is 0 Å². The molecule has 10 heteroatoms. The van der Waals surface area contributed by atoms with E-state index in [2.05, 4.69) is 20.3 Å².